The summed E-state index contributed by atoms with van der Waals surface area (Å²) in [5.41, 5.74) is 17.9. The van der Waals surface area contributed by atoms with Gasteiger partial charge in [0.2, 0.25) is 5.91 Å². The first-order chi connectivity index (χ1) is 25.4. The number of fused-ring (bicyclic) bond motifs is 4. The maximum absolute atomic E-state index is 14.5. The summed E-state index contributed by atoms with van der Waals surface area (Å²) in [4.78, 5) is 31.3. The van der Waals surface area contributed by atoms with Crippen molar-refractivity contribution in [3.05, 3.63) is 103 Å². The standard InChI is InChI=1S/C47H59N3O2S/c1-8-50-41-28-40-38(27-36(41)30(2)29-46(50,3)4)43(33-18-11-12-20-35(33)45(52)49(7)23-14-21-42(51)48-22-24-53)39-26-32-17-13-16-31-15-9-10-19-34(37(32)25-31)44(39)47(40,5)6/h11-12,18,20,26-28,30,53H,8-10,13-17,19,21-24,29H2,1-7H3,(H,48,51). The molecule has 53 heavy (non-hydrogen) atoms. The Morgan fingerprint density at radius 2 is 1.75 bits per heavy atom. The minimum absolute atomic E-state index is 0.00489. The van der Waals surface area contributed by atoms with Crippen molar-refractivity contribution in [1.29, 1.82) is 0 Å². The van der Waals surface area contributed by atoms with Crippen molar-refractivity contribution in [2.24, 2.45) is 0 Å². The molecule has 1 unspecified atom stereocenters. The number of amides is 2. The number of anilines is 1. The molecule has 4 aliphatic rings. The Labute approximate surface area is 323 Å². The summed E-state index contributed by atoms with van der Waals surface area (Å²) in [6, 6.07) is 15.8. The Morgan fingerprint density at radius 3 is 2.53 bits per heavy atom. The van der Waals surface area contributed by atoms with E-state index < -0.39 is 0 Å². The number of carbonyl (C=O) groups excluding carboxylic acids is 2. The van der Waals surface area contributed by atoms with Crippen LogP contribution in [0.15, 0.2) is 48.0 Å². The molecule has 0 saturated carbocycles. The van der Waals surface area contributed by atoms with Crippen LogP contribution in [0.5, 0.6) is 0 Å². The fraction of sp³-hybridized carbons (Fsp3) is 0.511. The van der Waals surface area contributed by atoms with Crippen molar-refractivity contribution in [2.45, 2.75) is 123 Å². The monoisotopic (exact) mass is 729 g/mol. The van der Waals surface area contributed by atoms with Crippen LogP contribution in [-0.2, 0) is 23.1 Å². The Morgan fingerprint density at radius 1 is 1.00 bits per heavy atom. The Kier molecular flexibility index (Phi) is 10.5. The van der Waals surface area contributed by atoms with E-state index in [0.29, 0.717) is 37.6 Å². The van der Waals surface area contributed by atoms with Crippen molar-refractivity contribution < 1.29 is 9.59 Å². The lowest BCUT2D eigenvalue weighted by Crippen LogP contribution is -2.48. The first-order valence-electron chi connectivity index (χ1n) is 20.2. The summed E-state index contributed by atoms with van der Waals surface area (Å²) in [5, 5.41) is 5.55. The topological polar surface area (TPSA) is 52.7 Å². The van der Waals surface area contributed by atoms with E-state index in [-0.39, 0.29) is 22.8 Å². The highest BCUT2D eigenvalue weighted by Gasteiger charge is 2.41. The van der Waals surface area contributed by atoms with Gasteiger partial charge in [0, 0.05) is 66.3 Å². The Hall–Kier alpha value is -3.73. The molecule has 0 radical (unpaired) electrons. The second-order valence-electron chi connectivity index (χ2n) is 17.2. The van der Waals surface area contributed by atoms with Crippen molar-refractivity contribution in [1.82, 2.24) is 10.2 Å². The number of allylic oxidation sites excluding steroid dienone is 1. The maximum atomic E-state index is 14.5. The van der Waals surface area contributed by atoms with Gasteiger partial charge in [0.25, 0.3) is 5.91 Å². The number of hydrogen-bond donors (Lipinski definition) is 2. The molecule has 280 valence electrons. The summed E-state index contributed by atoms with van der Waals surface area (Å²) in [5.74, 6) is 1.02. The first-order valence-corrected chi connectivity index (χ1v) is 20.9. The van der Waals surface area contributed by atoms with E-state index in [1.165, 1.54) is 73.5 Å². The molecule has 0 fully saturated rings. The molecule has 0 aromatic heterocycles. The Balaban J connectivity index is 1.49. The first kappa shape index (κ1) is 37.6. The number of carbonyl (C=O) groups is 2. The minimum Gasteiger partial charge on any atom is -0.366 e. The molecule has 2 amide bonds. The highest BCUT2D eigenvalue weighted by molar-refractivity contribution is 7.80. The predicted octanol–water partition coefficient (Wildman–Crippen LogP) is 7.95. The smallest absolute Gasteiger partial charge is 0.254 e. The zero-order valence-corrected chi connectivity index (χ0v) is 34.1. The van der Waals surface area contributed by atoms with Crippen LogP contribution in [0, 0.1) is 0 Å². The molecule has 3 aromatic carbocycles. The van der Waals surface area contributed by atoms with Gasteiger partial charge in [0.1, 0.15) is 0 Å². The number of hydrogen-bond acceptors (Lipinski definition) is 4. The molecule has 3 aliphatic carbocycles. The molecule has 1 atom stereocenters. The van der Waals surface area contributed by atoms with Gasteiger partial charge in [-0.15, -0.1) is 5.73 Å². The van der Waals surface area contributed by atoms with E-state index in [2.05, 4.69) is 100 Å². The van der Waals surface area contributed by atoms with Crippen LogP contribution in [0.2, 0.25) is 0 Å². The fourth-order valence-corrected chi connectivity index (χ4v) is 10.4. The van der Waals surface area contributed by atoms with Gasteiger partial charge < -0.3 is 15.1 Å². The van der Waals surface area contributed by atoms with Gasteiger partial charge in [0.15, 0.2) is 0 Å². The number of rotatable bonds is 9. The summed E-state index contributed by atoms with van der Waals surface area (Å²) in [6.07, 6.45) is 10.0. The van der Waals surface area contributed by atoms with Crippen molar-refractivity contribution in [3.8, 4) is 0 Å². The zero-order chi connectivity index (χ0) is 37.7. The molecule has 1 N–H and O–H groups in total. The summed E-state index contributed by atoms with van der Waals surface area (Å²) in [6.45, 7) is 16.4. The van der Waals surface area contributed by atoms with E-state index in [4.69, 9.17) is 0 Å². The minimum atomic E-state index is -0.256. The van der Waals surface area contributed by atoms with Crippen LogP contribution in [0.4, 0.5) is 5.69 Å². The maximum Gasteiger partial charge on any atom is 0.254 e. The lowest BCUT2D eigenvalue weighted by atomic mass is 9.64. The summed E-state index contributed by atoms with van der Waals surface area (Å²) < 4.78 is 0. The molecule has 0 saturated heterocycles. The highest BCUT2D eigenvalue weighted by Crippen LogP contribution is 2.50. The van der Waals surface area contributed by atoms with Crippen LogP contribution < -0.4 is 20.7 Å². The lowest BCUT2D eigenvalue weighted by Gasteiger charge is -2.48. The van der Waals surface area contributed by atoms with E-state index >= 15 is 0 Å². The van der Waals surface area contributed by atoms with Crippen molar-refractivity contribution in [2.75, 3.05) is 37.3 Å². The van der Waals surface area contributed by atoms with Gasteiger partial charge in [-0.1, -0.05) is 39.0 Å². The van der Waals surface area contributed by atoms with E-state index in [1.807, 2.05) is 19.2 Å². The van der Waals surface area contributed by atoms with Gasteiger partial charge in [-0.05, 0) is 164 Å². The third kappa shape index (κ3) is 6.80. The van der Waals surface area contributed by atoms with Crippen LogP contribution in [0.1, 0.15) is 148 Å². The SMILES string of the molecule is CCN1c2cc3c(cc2C(C)CC1(C)C)C(c1ccccc1C(=O)N(C)CCCC(=O)NCCS)=c1cc2c4c(c1C3(C)C)CCCCC(=C=4)CCC2. The van der Waals surface area contributed by atoms with Gasteiger partial charge in [-0.3, -0.25) is 9.59 Å². The van der Waals surface area contributed by atoms with Gasteiger partial charge in [-0.2, -0.15) is 12.6 Å². The quantitative estimate of drug-likeness (QED) is 0.220. The Bertz CT molecular complexity index is 2120. The number of aryl methyl sites for hydroxylation is 1. The van der Waals surface area contributed by atoms with Crippen molar-refractivity contribution >= 4 is 41.4 Å². The summed E-state index contributed by atoms with van der Waals surface area (Å²) in [7, 11) is 1.87. The van der Waals surface area contributed by atoms with Crippen LogP contribution in [-0.4, -0.2) is 54.7 Å². The second-order valence-corrected chi connectivity index (χ2v) is 17.6. The molecule has 7 rings (SSSR count). The highest BCUT2D eigenvalue weighted by atomic mass is 32.1. The van der Waals surface area contributed by atoms with E-state index in [1.54, 1.807) is 4.90 Å². The fourth-order valence-electron chi connectivity index (χ4n) is 10.2. The number of thiol groups is 1. The molecular weight excluding hydrogens is 671 g/mol. The molecule has 5 nitrogen and oxygen atoms in total. The van der Waals surface area contributed by atoms with Crippen LogP contribution in [0.3, 0.4) is 0 Å². The average Bonchev–Trinajstić information content (AvgIpc) is 3.33. The summed E-state index contributed by atoms with van der Waals surface area (Å²) >= 11 is 4.20. The van der Waals surface area contributed by atoms with E-state index in [0.717, 1.165) is 56.2 Å². The molecule has 3 aromatic rings. The van der Waals surface area contributed by atoms with Crippen LogP contribution in [0.25, 0.3) is 11.3 Å². The van der Waals surface area contributed by atoms with Gasteiger partial charge in [0.05, 0.1) is 0 Å². The third-order valence-electron chi connectivity index (χ3n) is 12.7. The van der Waals surface area contributed by atoms with Gasteiger partial charge in [-0.25, -0.2) is 0 Å². The molecular formula is C47H59N3O2S. The molecule has 1 aliphatic heterocycles. The molecule has 2 bridgehead atoms. The molecule has 6 heteroatoms. The predicted molar refractivity (Wildman–Crippen MR) is 223 cm³/mol. The number of nitrogens with one attached hydrogen (secondary N) is 1. The van der Waals surface area contributed by atoms with Gasteiger partial charge >= 0.3 is 0 Å². The van der Waals surface area contributed by atoms with E-state index in [9.17, 15) is 9.59 Å². The normalized spacial score (nSPS) is 19.3. The average molecular weight is 730 g/mol. The zero-order valence-electron chi connectivity index (χ0n) is 33.2. The lowest BCUT2D eigenvalue weighted by molar-refractivity contribution is -0.121. The second kappa shape index (κ2) is 14.8. The van der Waals surface area contributed by atoms with Crippen LogP contribution >= 0.6 is 12.6 Å². The number of benzene rings is 3. The molecule has 0 spiro atoms. The third-order valence-corrected chi connectivity index (χ3v) is 12.9. The van der Waals surface area contributed by atoms with Crippen molar-refractivity contribution in [3.63, 3.8) is 0 Å². The molecule has 1 heterocycles. The largest absolute Gasteiger partial charge is 0.366 e. The number of nitrogens with zero attached hydrogens (tertiary/aromatic N) is 2.